The second-order valence-electron chi connectivity index (χ2n) is 3.89. The van der Waals surface area contributed by atoms with Crippen LogP contribution >= 0.6 is 43.6 Å². The van der Waals surface area contributed by atoms with Gasteiger partial charge in [-0.25, -0.2) is 4.98 Å². The van der Waals surface area contributed by atoms with Gasteiger partial charge in [0.2, 0.25) is 0 Å². The summed E-state index contributed by atoms with van der Waals surface area (Å²) in [5, 5.41) is 0.971. The molecule has 0 saturated carbocycles. The van der Waals surface area contributed by atoms with Crippen LogP contribution in [-0.4, -0.2) is 4.98 Å². The van der Waals surface area contributed by atoms with Crippen LogP contribution in [0.2, 0.25) is 0 Å². The molecule has 18 heavy (non-hydrogen) atoms. The highest BCUT2D eigenvalue weighted by Gasteiger charge is 2.07. The summed E-state index contributed by atoms with van der Waals surface area (Å²) in [5.74, 6) is 0. The van der Waals surface area contributed by atoms with E-state index in [2.05, 4.69) is 55.0 Å². The monoisotopic (exact) mass is 386 g/mol. The van der Waals surface area contributed by atoms with Crippen LogP contribution in [0.15, 0.2) is 55.4 Å². The van der Waals surface area contributed by atoms with Gasteiger partial charge in [-0.15, -0.1) is 0 Å². The smallest absolute Gasteiger partial charge is 0.101 e. The first-order valence-electron chi connectivity index (χ1n) is 5.40. The Balaban J connectivity index is 2.20. The first-order chi connectivity index (χ1) is 8.56. The predicted octanol–water partition coefficient (Wildman–Crippen LogP) is 4.78. The van der Waals surface area contributed by atoms with Gasteiger partial charge >= 0.3 is 0 Å². The van der Waals surface area contributed by atoms with Crippen molar-refractivity contribution in [2.24, 2.45) is 5.73 Å². The van der Waals surface area contributed by atoms with Gasteiger partial charge in [-0.2, -0.15) is 0 Å². The summed E-state index contributed by atoms with van der Waals surface area (Å²) < 4.78 is 2.03. The number of pyridine rings is 1. The van der Waals surface area contributed by atoms with E-state index in [4.69, 9.17) is 5.73 Å². The average Bonchev–Trinajstić information content (AvgIpc) is 2.32. The van der Waals surface area contributed by atoms with Crippen LogP contribution < -0.4 is 5.73 Å². The van der Waals surface area contributed by atoms with E-state index in [-0.39, 0.29) is 6.04 Å². The molecule has 2 aromatic rings. The van der Waals surface area contributed by atoms with Crippen LogP contribution in [0.5, 0.6) is 0 Å². The highest BCUT2D eigenvalue weighted by atomic mass is 79.9. The maximum atomic E-state index is 5.88. The molecular weight excluding hydrogens is 376 g/mol. The molecule has 0 amide bonds. The van der Waals surface area contributed by atoms with Crippen LogP contribution in [0, 0.1) is 0 Å². The van der Waals surface area contributed by atoms with E-state index >= 15 is 0 Å². The van der Waals surface area contributed by atoms with Gasteiger partial charge in [0.15, 0.2) is 0 Å². The van der Waals surface area contributed by atoms with E-state index in [1.165, 1.54) is 0 Å². The molecule has 1 heterocycles. The lowest BCUT2D eigenvalue weighted by atomic mass is 10.1. The maximum Gasteiger partial charge on any atom is 0.101 e. The Morgan fingerprint density at radius 3 is 2.56 bits per heavy atom. The quantitative estimate of drug-likeness (QED) is 0.823. The third-order valence-electron chi connectivity index (χ3n) is 2.39. The number of hydrogen-bond acceptors (Lipinski definition) is 3. The lowest BCUT2D eigenvalue weighted by molar-refractivity contribution is 0.811. The van der Waals surface area contributed by atoms with Crippen molar-refractivity contribution in [2.75, 3.05) is 0 Å². The molecule has 2 rings (SSSR count). The fraction of sp³-hybridized carbons (Fsp3) is 0.154. The molecular formula is C13H12Br2N2S. The molecule has 1 aromatic carbocycles. The number of benzene rings is 1. The molecule has 0 saturated heterocycles. The van der Waals surface area contributed by atoms with E-state index in [9.17, 15) is 0 Å². The van der Waals surface area contributed by atoms with Crippen molar-refractivity contribution in [1.29, 1.82) is 0 Å². The summed E-state index contributed by atoms with van der Waals surface area (Å²) in [4.78, 5) is 5.48. The zero-order valence-corrected chi connectivity index (χ0v) is 13.7. The van der Waals surface area contributed by atoms with Crippen LogP contribution in [0.4, 0.5) is 0 Å². The Bertz CT molecular complexity index is 541. The molecule has 0 aliphatic carbocycles. The van der Waals surface area contributed by atoms with Crippen LogP contribution in [-0.2, 0) is 0 Å². The predicted molar refractivity (Wildman–Crippen MR) is 82.8 cm³/mol. The van der Waals surface area contributed by atoms with Crippen molar-refractivity contribution >= 4 is 43.6 Å². The summed E-state index contributed by atoms with van der Waals surface area (Å²) in [6, 6.07) is 10.2. The van der Waals surface area contributed by atoms with E-state index in [0.29, 0.717) is 0 Å². The zero-order valence-electron chi connectivity index (χ0n) is 9.73. The number of rotatable bonds is 3. The first-order valence-corrected chi connectivity index (χ1v) is 7.81. The fourth-order valence-corrected chi connectivity index (χ4v) is 3.41. The highest BCUT2D eigenvalue weighted by Crippen LogP contribution is 2.31. The number of halogens is 2. The fourth-order valence-electron chi connectivity index (χ4n) is 1.48. The number of nitrogens with two attached hydrogens (primary N) is 1. The second kappa shape index (κ2) is 6.19. The lowest BCUT2D eigenvalue weighted by Gasteiger charge is -2.09. The van der Waals surface area contributed by atoms with Gasteiger partial charge in [-0.3, -0.25) is 0 Å². The molecule has 0 bridgehead atoms. The van der Waals surface area contributed by atoms with Crippen LogP contribution in [0.1, 0.15) is 18.5 Å². The minimum Gasteiger partial charge on any atom is -0.324 e. The van der Waals surface area contributed by atoms with Crippen molar-refractivity contribution in [3.8, 4) is 0 Å². The van der Waals surface area contributed by atoms with Crippen molar-refractivity contribution in [3.63, 3.8) is 0 Å². The van der Waals surface area contributed by atoms with Gasteiger partial charge in [0.1, 0.15) is 5.03 Å². The normalized spacial score (nSPS) is 12.4. The molecule has 0 aliphatic rings. The Morgan fingerprint density at radius 2 is 2.00 bits per heavy atom. The Labute approximate surface area is 128 Å². The molecule has 1 atom stereocenters. The Kier molecular flexibility index (Phi) is 4.84. The lowest BCUT2D eigenvalue weighted by Crippen LogP contribution is -2.05. The van der Waals surface area contributed by atoms with Crippen molar-refractivity contribution in [2.45, 2.75) is 22.9 Å². The molecule has 0 fully saturated rings. The topological polar surface area (TPSA) is 38.9 Å². The van der Waals surface area contributed by atoms with Gasteiger partial charge in [0.05, 0.1) is 0 Å². The third kappa shape index (κ3) is 3.57. The van der Waals surface area contributed by atoms with Gasteiger partial charge in [0.25, 0.3) is 0 Å². The SMILES string of the molecule is C[C@@H](N)c1ccc(Sc2ccc(Br)cn2)cc1Br. The van der Waals surface area contributed by atoms with E-state index in [1.807, 2.05) is 19.1 Å². The average molecular weight is 388 g/mol. The summed E-state index contributed by atoms with van der Waals surface area (Å²) in [6.45, 7) is 1.98. The number of nitrogens with zero attached hydrogens (tertiary/aromatic N) is 1. The summed E-state index contributed by atoms with van der Waals surface area (Å²) in [5.41, 5.74) is 6.99. The van der Waals surface area contributed by atoms with E-state index in [1.54, 1.807) is 18.0 Å². The van der Waals surface area contributed by atoms with Crippen molar-refractivity contribution < 1.29 is 0 Å². The van der Waals surface area contributed by atoms with Crippen molar-refractivity contribution in [1.82, 2.24) is 4.98 Å². The first kappa shape index (κ1) is 14.1. The molecule has 94 valence electrons. The Morgan fingerprint density at radius 1 is 1.22 bits per heavy atom. The molecule has 2 N–H and O–H groups in total. The van der Waals surface area contributed by atoms with E-state index in [0.717, 1.165) is 24.4 Å². The molecule has 0 aliphatic heterocycles. The minimum absolute atomic E-state index is 0.0317. The standard InChI is InChI=1S/C13H12Br2N2S/c1-8(16)11-4-3-10(6-12(11)15)18-13-5-2-9(14)7-17-13/h2-8H,16H2,1H3/t8-/m1/s1. The summed E-state index contributed by atoms with van der Waals surface area (Å²) in [6.07, 6.45) is 1.80. The van der Waals surface area contributed by atoms with Gasteiger partial charge in [0, 0.05) is 26.1 Å². The largest absolute Gasteiger partial charge is 0.324 e. The molecule has 0 radical (unpaired) electrons. The third-order valence-corrected chi connectivity index (χ3v) is 4.48. The number of hydrogen-bond donors (Lipinski definition) is 1. The Hall–Kier alpha value is -0.360. The summed E-state index contributed by atoms with van der Waals surface area (Å²) >= 11 is 8.55. The number of aromatic nitrogens is 1. The van der Waals surface area contributed by atoms with Crippen LogP contribution in [0.3, 0.4) is 0 Å². The molecule has 0 spiro atoms. The summed E-state index contributed by atoms with van der Waals surface area (Å²) in [7, 11) is 0. The maximum absolute atomic E-state index is 5.88. The molecule has 2 nitrogen and oxygen atoms in total. The minimum atomic E-state index is 0.0317. The zero-order chi connectivity index (χ0) is 13.1. The van der Waals surface area contributed by atoms with Crippen LogP contribution in [0.25, 0.3) is 0 Å². The van der Waals surface area contributed by atoms with E-state index < -0.39 is 0 Å². The second-order valence-corrected chi connectivity index (χ2v) is 6.75. The van der Waals surface area contributed by atoms with Crippen molar-refractivity contribution in [3.05, 3.63) is 51.0 Å². The highest BCUT2D eigenvalue weighted by molar-refractivity contribution is 9.10. The van der Waals surface area contributed by atoms with Gasteiger partial charge < -0.3 is 5.73 Å². The molecule has 0 unspecified atom stereocenters. The molecule has 5 heteroatoms. The van der Waals surface area contributed by atoms with Gasteiger partial charge in [-0.05, 0) is 52.7 Å². The van der Waals surface area contributed by atoms with Gasteiger partial charge in [-0.1, -0.05) is 33.8 Å². The molecule has 1 aromatic heterocycles.